The molecule has 1 N–H and O–H groups in total. The summed E-state index contributed by atoms with van der Waals surface area (Å²) in [5.41, 5.74) is 1.07. The number of sulfone groups is 1. The summed E-state index contributed by atoms with van der Waals surface area (Å²) in [6, 6.07) is 7.14. The van der Waals surface area contributed by atoms with Gasteiger partial charge in [-0.25, -0.2) is 8.42 Å². The molecule has 0 atom stereocenters. The molecule has 19 heavy (non-hydrogen) atoms. The molecule has 1 aliphatic heterocycles. The highest BCUT2D eigenvalue weighted by Gasteiger charge is 2.15. The Labute approximate surface area is 115 Å². The molecule has 106 valence electrons. The van der Waals surface area contributed by atoms with Crippen LogP contribution in [-0.2, 0) is 9.84 Å². The van der Waals surface area contributed by atoms with Crippen molar-refractivity contribution in [2.24, 2.45) is 5.92 Å². The third-order valence-electron chi connectivity index (χ3n) is 3.70. The maximum absolute atomic E-state index is 11.4. The number of anilines is 1. The molecule has 0 saturated carbocycles. The molecule has 0 aromatic heterocycles. The van der Waals surface area contributed by atoms with Crippen LogP contribution in [0.3, 0.4) is 0 Å². The largest absolute Gasteiger partial charge is 0.374 e. The summed E-state index contributed by atoms with van der Waals surface area (Å²) < 4.78 is 22.8. The number of nitrogens with one attached hydrogen (secondary N) is 1. The van der Waals surface area contributed by atoms with E-state index < -0.39 is 9.84 Å². The smallest absolute Gasteiger partial charge is 0.175 e. The Balaban J connectivity index is 2.01. The van der Waals surface area contributed by atoms with Crippen molar-refractivity contribution in [1.82, 2.24) is 5.32 Å². The van der Waals surface area contributed by atoms with Crippen molar-refractivity contribution < 1.29 is 8.42 Å². The van der Waals surface area contributed by atoms with Crippen LogP contribution in [0.4, 0.5) is 5.69 Å². The zero-order valence-electron chi connectivity index (χ0n) is 11.6. The van der Waals surface area contributed by atoms with Gasteiger partial charge < -0.3 is 10.2 Å². The Hall–Kier alpha value is -1.07. The van der Waals surface area contributed by atoms with Gasteiger partial charge in [0.25, 0.3) is 0 Å². The molecule has 0 bridgehead atoms. The minimum Gasteiger partial charge on any atom is -0.374 e. The van der Waals surface area contributed by atoms with Crippen LogP contribution in [-0.4, -0.2) is 41.4 Å². The molecule has 1 aliphatic rings. The summed E-state index contributed by atoms with van der Waals surface area (Å²) in [6.45, 7) is 3.23. The Morgan fingerprint density at radius 3 is 2.32 bits per heavy atom. The van der Waals surface area contributed by atoms with Crippen LogP contribution in [0.25, 0.3) is 0 Å². The Bertz CT molecular complexity index is 505. The first-order valence-corrected chi connectivity index (χ1v) is 8.58. The van der Waals surface area contributed by atoms with E-state index in [1.165, 1.54) is 19.1 Å². The fraction of sp³-hybridized carbons (Fsp3) is 0.571. The SMILES string of the molecule is CN(CC1CCNCC1)c1ccc(S(C)(=O)=O)cc1. The summed E-state index contributed by atoms with van der Waals surface area (Å²) in [5, 5.41) is 3.37. The zero-order valence-corrected chi connectivity index (χ0v) is 12.4. The number of benzene rings is 1. The summed E-state index contributed by atoms with van der Waals surface area (Å²) in [4.78, 5) is 2.59. The van der Waals surface area contributed by atoms with E-state index in [0.717, 1.165) is 31.2 Å². The second-order valence-corrected chi connectivity index (χ2v) is 7.36. The molecule has 1 fully saturated rings. The molecule has 1 saturated heterocycles. The summed E-state index contributed by atoms with van der Waals surface area (Å²) in [7, 11) is -1.03. The Morgan fingerprint density at radius 1 is 1.21 bits per heavy atom. The number of piperidine rings is 1. The summed E-state index contributed by atoms with van der Waals surface area (Å²) >= 11 is 0. The molecule has 5 heteroatoms. The van der Waals surface area contributed by atoms with E-state index in [0.29, 0.717) is 4.90 Å². The van der Waals surface area contributed by atoms with E-state index in [4.69, 9.17) is 0 Å². The minimum absolute atomic E-state index is 0.381. The first kappa shape index (κ1) is 14.3. The summed E-state index contributed by atoms with van der Waals surface area (Å²) in [5.74, 6) is 0.723. The second kappa shape index (κ2) is 5.92. The third kappa shape index (κ3) is 3.94. The van der Waals surface area contributed by atoms with Crippen LogP contribution in [0, 0.1) is 5.92 Å². The van der Waals surface area contributed by atoms with Gasteiger partial charge in [-0.3, -0.25) is 0 Å². The van der Waals surface area contributed by atoms with Crippen molar-refractivity contribution in [1.29, 1.82) is 0 Å². The van der Waals surface area contributed by atoms with E-state index >= 15 is 0 Å². The highest BCUT2D eigenvalue weighted by atomic mass is 32.2. The number of hydrogen-bond acceptors (Lipinski definition) is 4. The van der Waals surface area contributed by atoms with Crippen LogP contribution in [0.1, 0.15) is 12.8 Å². The molecule has 1 aromatic carbocycles. The lowest BCUT2D eigenvalue weighted by Crippen LogP contribution is -2.34. The maximum atomic E-state index is 11.4. The second-order valence-electron chi connectivity index (χ2n) is 5.34. The summed E-state index contributed by atoms with van der Waals surface area (Å²) in [6.07, 6.45) is 3.66. The van der Waals surface area contributed by atoms with Gasteiger partial charge >= 0.3 is 0 Å². The molecule has 2 rings (SSSR count). The Morgan fingerprint density at radius 2 is 1.79 bits per heavy atom. The molecular formula is C14H22N2O2S. The average Bonchev–Trinajstić information content (AvgIpc) is 2.39. The van der Waals surface area contributed by atoms with Crippen LogP contribution < -0.4 is 10.2 Å². The molecule has 0 radical (unpaired) electrons. The molecule has 0 aliphatic carbocycles. The van der Waals surface area contributed by atoms with Crippen LogP contribution in [0.15, 0.2) is 29.2 Å². The standard InChI is InChI=1S/C14H22N2O2S/c1-16(11-12-7-9-15-10-8-12)13-3-5-14(6-4-13)19(2,17)18/h3-6,12,15H,7-11H2,1-2H3. The van der Waals surface area contributed by atoms with Gasteiger partial charge in [0.05, 0.1) is 4.90 Å². The molecule has 0 unspecified atom stereocenters. The van der Waals surface area contributed by atoms with E-state index in [-0.39, 0.29) is 0 Å². The highest BCUT2D eigenvalue weighted by molar-refractivity contribution is 7.90. The van der Waals surface area contributed by atoms with Gasteiger partial charge in [-0.05, 0) is 56.1 Å². The van der Waals surface area contributed by atoms with Crippen LogP contribution >= 0.6 is 0 Å². The van der Waals surface area contributed by atoms with E-state index in [9.17, 15) is 8.42 Å². The molecule has 1 heterocycles. The average molecular weight is 282 g/mol. The van der Waals surface area contributed by atoms with Gasteiger partial charge in [-0.15, -0.1) is 0 Å². The monoisotopic (exact) mass is 282 g/mol. The molecular weight excluding hydrogens is 260 g/mol. The van der Waals surface area contributed by atoms with Crippen molar-refractivity contribution in [3.8, 4) is 0 Å². The lowest BCUT2D eigenvalue weighted by atomic mass is 9.97. The predicted octanol–water partition coefficient (Wildman–Crippen LogP) is 1.53. The predicted molar refractivity (Wildman–Crippen MR) is 78.4 cm³/mol. The highest BCUT2D eigenvalue weighted by Crippen LogP contribution is 2.20. The van der Waals surface area contributed by atoms with Crippen molar-refractivity contribution >= 4 is 15.5 Å². The van der Waals surface area contributed by atoms with Gasteiger partial charge in [0.15, 0.2) is 9.84 Å². The van der Waals surface area contributed by atoms with Crippen molar-refractivity contribution in [3.63, 3.8) is 0 Å². The van der Waals surface area contributed by atoms with Crippen LogP contribution in [0.2, 0.25) is 0 Å². The lowest BCUT2D eigenvalue weighted by molar-refractivity contribution is 0.378. The maximum Gasteiger partial charge on any atom is 0.175 e. The third-order valence-corrected chi connectivity index (χ3v) is 4.82. The normalized spacial score (nSPS) is 17.4. The first-order chi connectivity index (χ1) is 8.97. The van der Waals surface area contributed by atoms with Crippen LogP contribution in [0.5, 0.6) is 0 Å². The molecule has 0 amide bonds. The Kier molecular flexibility index (Phi) is 4.47. The molecule has 1 aromatic rings. The van der Waals surface area contributed by atoms with Crippen molar-refractivity contribution in [2.45, 2.75) is 17.7 Å². The minimum atomic E-state index is -3.10. The van der Waals surface area contributed by atoms with Crippen molar-refractivity contribution in [2.75, 3.05) is 37.8 Å². The van der Waals surface area contributed by atoms with Gasteiger partial charge in [0.1, 0.15) is 0 Å². The molecule has 4 nitrogen and oxygen atoms in total. The zero-order chi connectivity index (χ0) is 13.9. The fourth-order valence-corrected chi connectivity index (χ4v) is 3.14. The van der Waals surface area contributed by atoms with Crippen molar-refractivity contribution in [3.05, 3.63) is 24.3 Å². The van der Waals surface area contributed by atoms with E-state index in [2.05, 4.69) is 17.3 Å². The number of rotatable bonds is 4. The van der Waals surface area contributed by atoms with E-state index in [1.807, 2.05) is 12.1 Å². The van der Waals surface area contributed by atoms with Gasteiger partial charge in [-0.2, -0.15) is 0 Å². The molecule has 0 spiro atoms. The topological polar surface area (TPSA) is 49.4 Å². The number of nitrogens with zero attached hydrogens (tertiary/aromatic N) is 1. The quantitative estimate of drug-likeness (QED) is 0.910. The van der Waals surface area contributed by atoms with Gasteiger partial charge in [0.2, 0.25) is 0 Å². The van der Waals surface area contributed by atoms with E-state index in [1.54, 1.807) is 12.1 Å². The fourth-order valence-electron chi connectivity index (χ4n) is 2.50. The number of hydrogen-bond donors (Lipinski definition) is 1. The van der Waals surface area contributed by atoms with Gasteiger partial charge in [-0.1, -0.05) is 0 Å². The lowest BCUT2D eigenvalue weighted by Gasteiger charge is -2.28. The first-order valence-electron chi connectivity index (χ1n) is 6.69. The van der Waals surface area contributed by atoms with Gasteiger partial charge in [0, 0.05) is 25.5 Å².